The molecule has 1 aliphatic carbocycles. The molecular weight excluding hydrogens is 276 g/mol. The number of benzene rings is 1. The predicted octanol–water partition coefficient (Wildman–Crippen LogP) is 3.23. The molecule has 0 amide bonds. The summed E-state index contributed by atoms with van der Waals surface area (Å²) in [5, 5.41) is 6.83. The molecule has 0 radical (unpaired) electrons. The fraction of sp³-hybridized carbons (Fsp3) is 0.611. The maximum atomic E-state index is 12.7. The molecule has 1 aromatic carbocycles. The molecule has 1 heterocycles. The number of carbonyl (C=O) groups is 1. The summed E-state index contributed by atoms with van der Waals surface area (Å²) in [5.74, 6) is 1.65. The second-order valence-electron chi connectivity index (χ2n) is 6.61. The van der Waals surface area contributed by atoms with E-state index in [0.717, 1.165) is 23.5 Å². The third kappa shape index (κ3) is 3.27. The van der Waals surface area contributed by atoms with Gasteiger partial charge in [0.05, 0.1) is 11.7 Å². The van der Waals surface area contributed by atoms with Crippen LogP contribution in [0.5, 0.6) is 5.75 Å². The molecule has 1 saturated carbocycles. The number of hydrogen-bond donors (Lipinski definition) is 2. The average molecular weight is 302 g/mol. The highest BCUT2D eigenvalue weighted by atomic mass is 16.5. The van der Waals surface area contributed by atoms with Gasteiger partial charge in [-0.1, -0.05) is 19.8 Å². The number of rotatable bonds is 4. The van der Waals surface area contributed by atoms with Crippen LogP contribution in [0.2, 0.25) is 0 Å². The van der Waals surface area contributed by atoms with E-state index < -0.39 is 0 Å². The van der Waals surface area contributed by atoms with Crippen LogP contribution in [0, 0.1) is 5.92 Å². The van der Waals surface area contributed by atoms with E-state index in [2.05, 4.69) is 17.6 Å². The Labute approximate surface area is 132 Å². The second-order valence-corrected chi connectivity index (χ2v) is 6.61. The molecule has 3 atom stereocenters. The van der Waals surface area contributed by atoms with Crippen molar-refractivity contribution >= 4 is 11.5 Å². The van der Waals surface area contributed by atoms with Crippen molar-refractivity contribution in [2.75, 3.05) is 18.5 Å². The Balaban J connectivity index is 1.67. The highest BCUT2D eigenvalue weighted by Gasteiger charge is 2.25. The molecule has 3 unspecified atom stereocenters. The monoisotopic (exact) mass is 302 g/mol. The maximum Gasteiger partial charge on any atom is 0.179 e. The molecule has 3 rings (SSSR count). The van der Waals surface area contributed by atoms with E-state index in [1.807, 2.05) is 25.1 Å². The first kappa shape index (κ1) is 15.3. The summed E-state index contributed by atoms with van der Waals surface area (Å²) in [6.45, 7) is 5.73. The number of ketones is 1. The van der Waals surface area contributed by atoms with Crippen molar-refractivity contribution in [3.63, 3.8) is 0 Å². The first-order chi connectivity index (χ1) is 10.6. The summed E-state index contributed by atoms with van der Waals surface area (Å²) in [7, 11) is 0. The van der Waals surface area contributed by atoms with Crippen molar-refractivity contribution in [2.24, 2.45) is 5.92 Å². The highest BCUT2D eigenvalue weighted by Crippen LogP contribution is 2.29. The lowest BCUT2D eigenvalue weighted by Gasteiger charge is -2.32. The molecule has 0 aromatic heterocycles. The standard InChI is InChI=1S/C18H26N2O2/c1-12-5-3-4-6-15(12)20-13(2)18(21)14-7-8-17-16(11-14)19-9-10-22-17/h7-8,11-13,15,19-20H,3-6,9-10H2,1-2H3. The van der Waals surface area contributed by atoms with Gasteiger partial charge in [-0.25, -0.2) is 0 Å². The van der Waals surface area contributed by atoms with Crippen molar-refractivity contribution in [2.45, 2.75) is 51.6 Å². The Bertz CT molecular complexity index is 544. The van der Waals surface area contributed by atoms with E-state index in [0.29, 0.717) is 18.6 Å². The number of Topliss-reactive ketones (excluding diaryl/α,β-unsaturated/α-hetero) is 1. The molecule has 0 saturated heterocycles. The van der Waals surface area contributed by atoms with E-state index in [4.69, 9.17) is 4.74 Å². The van der Waals surface area contributed by atoms with Crippen molar-refractivity contribution < 1.29 is 9.53 Å². The van der Waals surface area contributed by atoms with Crippen LogP contribution in [0.1, 0.15) is 49.9 Å². The summed E-state index contributed by atoms with van der Waals surface area (Å²) in [6.07, 6.45) is 5.03. The van der Waals surface area contributed by atoms with Crippen LogP contribution in [0.3, 0.4) is 0 Å². The molecule has 4 heteroatoms. The van der Waals surface area contributed by atoms with Gasteiger partial charge >= 0.3 is 0 Å². The Hall–Kier alpha value is -1.55. The van der Waals surface area contributed by atoms with Gasteiger partial charge in [0, 0.05) is 18.2 Å². The SMILES string of the molecule is CC(NC1CCCCC1C)C(=O)c1ccc2c(c1)NCCO2. The maximum absolute atomic E-state index is 12.7. The third-order valence-corrected chi connectivity index (χ3v) is 4.91. The number of hydrogen-bond acceptors (Lipinski definition) is 4. The summed E-state index contributed by atoms with van der Waals surface area (Å²) in [5.41, 5.74) is 1.68. The molecular formula is C18H26N2O2. The minimum Gasteiger partial charge on any atom is -0.490 e. The molecule has 2 N–H and O–H groups in total. The van der Waals surface area contributed by atoms with Crippen LogP contribution in [-0.4, -0.2) is 31.0 Å². The Morgan fingerprint density at radius 1 is 1.36 bits per heavy atom. The van der Waals surface area contributed by atoms with Gasteiger partial charge < -0.3 is 15.4 Å². The number of ether oxygens (including phenoxy) is 1. The van der Waals surface area contributed by atoms with E-state index >= 15 is 0 Å². The summed E-state index contributed by atoms with van der Waals surface area (Å²) in [6, 6.07) is 6.00. The zero-order chi connectivity index (χ0) is 15.5. The lowest BCUT2D eigenvalue weighted by atomic mass is 9.85. The van der Waals surface area contributed by atoms with Gasteiger partial charge in [0.2, 0.25) is 0 Å². The topological polar surface area (TPSA) is 50.4 Å². The molecule has 1 aliphatic heterocycles. The fourth-order valence-electron chi connectivity index (χ4n) is 3.50. The van der Waals surface area contributed by atoms with Gasteiger partial charge in [-0.2, -0.15) is 0 Å². The summed E-state index contributed by atoms with van der Waals surface area (Å²) >= 11 is 0. The minimum atomic E-state index is -0.145. The predicted molar refractivity (Wildman–Crippen MR) is 88.8 cm³/mol. The molecule has 0 bridgehead atoms. The zero-order valence-corrected chi connectivity index (χ0v) is 13.5. The Morgan fingerprint density at radius 3 is 3.00 bits per heavy atom. The van der Waals surface area contributed by atoms with E-state index in [1.54, 1.807) is 0 Å². The summed E-state index contributed by atoms with van der Waals surface area (Å²) < 4.78 is 5.56. The molecule has 2 aliphatic rings. The fourth-order valence-corrected chi connectivity index (χ4v) is 3.50. The number of fused-ring (bicyclic) bond motifs is 1. The van der Waals surface area contributed by atoms with Crippen LogP contribution in [0.25, 0.3) is 0 Å². The first-order valence-corrected chi connectivity index (χ1v) is 8.46. The van der Waals surface area contributed by atoms with Gasteiger partial charge in [0.1, 0.15) is 12.4 Å². The molecule has 22 heavy (non-hydrogen) atoms. The molecule has 1 aromatic rings. The lowest BCUT2D eigenvalue weighted by molar-refractivity contribution is 0.0933. The van der Waals surface area contributed by atoms with Gasteiger partial charge in [0.25, 0.3) is 0 Å². The molecule has 0 spiro atoms. The molecule has 120 valence electrons. The smallest absolute Gasteiger partial charge is 0.179 e. The van der Waals surface area contributed by atoms with E-state index in [-0.39, 0.29) is 11.8 Å². The number of carbonyl (C=O) groups excluding carboxylic acids is 1. The highest BCUT2D eigenvalue weighted by molar-refractivity contribution is 6.01. The second kappa shape index (κ2) is 6.69. The lowest BCUT2D eigenvalue weighted by Crippen LogP contribution is -2.45. The van der Waals surface area contributed by atoms with Crippen LogP contribution in [-0.2, 0) is 0 Å². The molecule has 1 fully saturated rings. The van der Waals surface area contributed by atoms with Gasteiger partial charge in [0.15, 0.2) is 5.78 Å². The van der Waals surface area contributed by atoms with Crippen LogP contribution >= 0.6 is 0 Å². The summed E-state index contributed by atoms with van der Waals surface area (Å²) in [4.78, 5) is 12.7. The van der Waals surface area contributed by atoms with Crippen molar-refractivity contribution in [1.29, 1.82) is 0 Å². The Morgan fingerprint density at radius 2 is 2.18 bits per heavy atom. The van der Waals surface area contributed by atoms with E-state index in [9.17, 15) is 4.79 Å². The van der Waals surface area contributed by atoms with Crippen molar-refractivity contribution in [3.8, 4) is 5.75 Å². The van der Waals surface area contributed by atoms with Crippen molar-refractivity contribution in [1.82, 2.24) is 5.32 Å². The Kier molecular flexibility index (Phi) is 4.67. The minimum absolute atomic E-state index is 0.145. The zero-order valence-electron chi connectivity index (χ0n) is 13.5. The quantitative estimate of drug-likeness (QED) is 0.838. The average Bonchev–Trinajstić information content (AvgIpc) is 2.55. The molecule has 4 nitrogen and oxygen atoms in total. The van der Waals surface area contributed by atoms with Gasteiger partial charge in [-0.3, -0.25) is 4.79 Å². The van der Waals surface area contributed by atoms with Crippen LogP contribution in [0.15, 0.2) is 18.2 Å². The first-order valence-electron chi connectivity index (χ1n) is 8.46. The number of nitrogens with one attached hydrogen (secondary N) is 2. The number of anilines is 1. The van der Waals surface area contributed by atoms with Crippen LogP contribution in [0.4, 0.5) is 5.69 Å². The van der Waals surface area contributed by atoms with E-state index in [1.165, 1.54) is 25.7 Å². The van der Waals surface area contributed by atoms with Gasteiger partial charge in [-0.05, 0) is 43.9 Å². The largest absolute Gasteiger partial charge is 0.490 e. The van der Waals surface area contributed by atoms with Gasteiger partial charge in [-0.15, -0.1) is 0 Å². The normalized spacial score (nSPS) is 25.5. The third-order valence-electron chi connectivity index (χ3n) is 4.91. The van der Waals surface area contributed by atoms with Crippen LogP contribution < -0.4 is 15.4 Å². The van der Waals surface area contributed by atoms with Crippen molar-refractivity contribution in [3.05, 3.63) is 23.8 Å².